The van der Waals surface area contributed by atoms with E-state index in [1.54, 1.807) is 25.3 Å². The zero-order valence-electron chi connectivity index (χ0n) is 11.6. The summed E-state index contributed by atoms with van der Waals surface area (Å²) in [5.41, 5.74) is 1.71. The van der Waals surface area contributed by atoms with Gasteiger partial charge in [-0.05, 0) is 30.5 Å². The van der Waals surface area contributed by atoms with Crippen molar-refractivity contribution in [3.63, 3.8) is 0 Å². The molecule has 6 nitrogen and oxygen atoms in total. The van der Waals surface area contributed by atoms with Crippen LogP contribution >= 0.6 is 0 Å². The molecule has 0 bridgehead atoms. The molecule has 0 spiro atoms. The fourth-order valence-electron chi connectivity index (χ4n) is 1.92. The van der Waals surface area contributed by atoms with E-state index in [9.17, 15) is 15.2 Å². The van der Waals surface area contributed by atoms with Crippen LogP contribution in [0.4, 0.5) is 5.69 Å². The molecule has 2 rings (SSSR count). The molecule has 1 aromatic heterocycles. The van der Waals surface area contributed by atoms with E-state index in [0.717, 1.165) is 5.69 Å². The average molecular weight is 275 g/mol. The summed E-state index contributed by atoms with van der Waals surface area (Å²) >= 11 is 0. The van der Waals surface area contributed by atoms with Gasteiger partial charge in [0, 0.05) is 12.3 Å². The largest absolute Gasteiger partial charge is 0.389 e. The third-order valence-corrected chi connectivity index (χ3v) is 3.13. The Morgan fingerprint density at radius 2 is 2.00 bits per heavy atom. The minimum absolute atomic E-state index is 0.0678. The van der Waals surface area contributed by atoms with Crippen LogP contribution in [0.2, 0.25) is 0 Å². The van der Waals surface area contributed by atoms with Crippen molar-refractivity contribution in [3.8, 4) is 5.69 Å². The van der Waals surface area contributed by atoms with Crippen LogP contribution in [0.3, 0.4) is 0 Å². The van der Waals surface area contributed by atoms with E-state index >= 15 is 0 Å². The van der Waals surface area contributed by atoms with Crippen molar-refractivity contribution in [2.24, 2.45) is 0 Å². The Labute approximate surface area is 116 Å². The normalized spacial score (nSPS) is 12.7. The third kappa shape index (κ3) is 2.70. The van der Waals surface area contributed by atoms with Gasteiger partial charge in [0.25, 0.3) is 5.69 Å². The molecule has 0 unspecified atom stereocenters. The highest BCUT2D eigenvalue weighted by molar-refractivity contribution is 5.54. The Morgan fingerprint density at radius 3 is 2.50 bits per heavy atom. The quantitative estimate of drug-likeness (QED) is 0.687. The molecule has 0 saturated carbocycles. The first-order valence-electron chi connectivity index (χ1n) is 6.42. The summed E-state index contributed by atoms with van der Waals surface area (Å²) in [5.74, 6) is 0.257. The van der Waals surface area contributed by atoms with Gasteiger partial charge in [-0.1, -0.05) is 19.9 Å². The van der Waals surface area contributed by atoms with Crippen LogP contribution in [0.1, 0.15) is 44.1 Å². The summed E-state index contributed by atoms with van der Waals surface area (Å²) in [6, 6.07) is 6.51. The summed E-state index contributed by atoms with van der Waals surface area (Å²) in [7, 11) is 0. The number of nitro benzene ring substituents is 1. The Kier molecular flexibility index (Phi) is 3.85. The van der Waals surface area contributed by atoms with Crippen LogP contribution in [0.15, 0.2) is 30.5 Å². The summed E-state index contributed by atoms with van der Waals surface area (Å²) < 4.78 is 1.50. The maximum absolute atomic E-state index is 11.2. The van der Waals surface area contributed by atoms with Crippen LogP contribution in [0, 0.1) is 10.1 Å². The summed E-state index contributed by atoms with van der Waals surface area (Å²) in [5, 5.41) is 25.1. The molecule has 1 aromatic carbocycles. The number of hydrogen-bond donors (Lipinski definition) is 1. The fourth-order valence-corrected chi connectivity index (χ4v) is 1.92. The van der Waals surface area contributed by atoms with Gasteiger partial charge < -0.3 is 5.11 Å². The number of aliphatic hydroxyl groups excluding tert-OH is 1. The lowest BCUT2D eigenvalue weighted by molar-refractivity contribution is -0.384. The number of rotatable bonds is 4. The van der Waals surface area contributed by atoms with Crippen molar-refractivity contribution in [1.82, 2.24) is 9.78 Å². The Hall–Kier alpha value is -2.21. The molecule has 0 radical (unpaired) electrons. The highest BCUT2D eigenvalue weighted by Crippen LogP contribution is 2.27. The zero-order valence-corrected chi connectivity index (χ0v) is 11.6. The maximum Gasteiger partial charge on any atom is 0.295 e. The van der Waals surface area contributed by atoms with E-state index in [0.29, 0.717) is 11.3 Å². The first-order valence-corrected chi connectivity index (χ1v) is 6.42. The number of nitro groups is 1. The van der Waals surface area contributed by atoms with E-state index in [2.05, 4.69) is 5.10 Å². The van der Waals surface area contributed by atoms with Gasteiger partial charge in [-0.3, -0.25) is 10.1 Å². The van der Waals surface area contributed by atoms with Gasteiger partial charge in [0.15, 0.2) is 0 Å². The Bertz CT molecular complexity index is 632. The molecule has 0 amide bonds. The van der Waals surface area contributed by atoms with E-state index in [1.807, 2.05) is 19.9 Å². The smallest absolute Gasteiger partial charge is 0.295 e. The summed E-state index contributed by atoms with van der Waals surface area (Å²) in [6.07, 6.45) is 0.964. The molecule has 0 saturated heterocycles. The number of aliphatic hydroxyl groups is 1. The molecule has 0 aliphatic carbocycles. The van der Waals surface area contributed by atoms with Crippen molar-refractivity contribution >= 4 is 5.69 Å². The highest BCUT2D eigenvalue weighted by atomic mass is 16.6. The van der Waals surface area contributed by atoms with Crippen LogP contribution in [0.25, 0.3) is 5.69 Å². The van der Waals surface area contributed by atoms with Gasteiger partial charge in [0.1, 0.15) is 5.69 Å². The van der Waals surface area contributed by atoms with Crippen molar-refractivity contribution in [2.75, 3.05) is 0 Å². The van der Waals surface area contributed by atoms with E-state index < -0.39 is 11.0 Å². The van der Waals surface area contributed by atoms with Crippen molar-refractivity contribution in [3.05, 3.63) is 51.8 Å². The number of nitrogens with zero attached hydrogens (tertiary/aromatic N) is 3. The first-order chi connectivity index (χ1) is 9.40. The standard InChI is InChI=1S/C14H17N3O3/c1-9(2)12-6-7-16(15-12)13-5-4-11(10(3)18)8-14(13)17(19)20/h4-10,18H,1-3H3/t10-/m0/s1. The van der Waals surface area contributed by atoms with Gasteiger partial charge in [0.05, 0.1) is 16.7 Å². The second-order valence-corrected chi connectivity index (χ2v) is 5.02. The van der Waals surface area contributed by atoms with Crippen LogP contribution < -0.4 is 0 Å². The highest BCUT2D eigenvalue weighted by Gasteiger charge is 2.18. The van der Waals surface area contributed by atoms with Crippen molar-refractivity contribution in [2.45, 2.75) is 32.8 Å². The molecule has 1 heterocycles. The van der Waals surface area contributed by atoms with Gasteiger partial charge in [-0.15, -0.1) is 0 Å². The predicted molar refractivity (Wildman–Crippen MR) is 74.9 cm³/mol. The van der Waals surface area contributed by atoms with Crippen molar-refractivity contribution in [1.29, 1.82) is 0 Å². The summed E-state index contributed by atoms with van der Waals surface area (Å²) in [4.78, 5) is 10.7. The number of benzene rings is 1. The predicted octanol–water partition coefficient (Wildman–Crippen LogP) is 2.96. The van der Waals surface area contributed by atoms with Gasteiger partial charge in [-0.2, -0.15) is 5.10 Å². The molecular formula is C14H17N3O3. The van der Waals surface area contributed by atoms with Crippen LogP contribution in [0.5, 0.6) is 0 Å². The third-order valence-electron chi connectivity index (χ3n) is 3.13. The zero-order chi connectivity index (χ0) is 14.9. The lowest BCUT2D eigenvalue weighted by Crippen LogP contribution is -2.03. The van der Waals surface area contributed by atoms with Gasteiger partial charge in [0.2, 0.25) is 0 Å². The molecule has 106 valence electrons. The second kappa shape index (κ2) is 5.42. The molecular weight excluding hydrogens is 258 g/mol. The van der Waals surface area contributed by atoms with E-state index in [-0.39, 0.29) is 11.6 Å². The lowest BCUT2D eigenvalue weighted by Gasteiger charge is -2.08. The maximum atomic E-state index is 11.2. The SMILES string of the molecule is CC(C)c1ccn(-c2ccc([C@H](C)O)cc2[N+](=O)[O-])n1. The van der Waals surface area contributed by atoms with Gasteiger partial charge >= 0.3 is 0 Å². The molecule has 0 aliphatic heterocycles. The van der Waals surface area contributed by atoms with Crippen LogP contribution in [-0.2, 0) is 0 Å². The topological polar surface area (TPSA) is 81.2 Å². The molecule has 1 N–H and O–H groups in total. The van der Waals surface area contributed by atoms with Gasteiger partial charge in [-0.25, -0.2) is 4.68 Å². The monoisotopic (exact) mass is 275 g/mol. The number of hydrogen-bond acceptors (Lipinski definition) is 4. The average Bonchev–Trinajstić information content (AvgIpc) is 2.87. The minimum Gasteiger partial charge on any atom is -0.389 e. The molecule has 0 fully saturated rings. The first kappa shape index (κ1) is 14.2. The number of aromatic nitrogens is 2. The Morgan fingerprint density at radius 1 is 1.30 bits per heavy atom. The molecule has 2 aromatic rings. The minimum atomic E-state index is -0.744. The van der Waals surface area contributed by atoms with E-state index in [1.165, 1.54) is 10.7 Å². The Balaban J connectivity index is 2.52. The fraction of sp³-hybridized carbons (Fsp3) is 0.357. The summed E-state index contributed by atoms with van der Waals surface area (Å²) in [6.45, 7) is 5.60. The molecule has 20 heavy (non-hydrogen) atoms. The molecule has 1 atom stereocenters. The lowest BCUT2D eigenvalue weighted by atomic mass is 10.1. The van der Waals surface area contributed by atoms with E-state index in [4.69, 9.17) is 0 Å². The molecule has 0 aliphatic rings. The second-order valence-electron chi connectivity index (χ2n) is 5.02. The van der Waals surface area contributed by atoms with Crippen molar-refractivity contribution < 1.29 is 10.0 Å². The van der Waals surface area contributed by atoms with Crippen LogP contribution in [-0.4, -0.2) is 19.8 Å². The molecule has 6 heteroatoms.